The van der Waals surface area contributed by atoms with E-state index in [9.17, 15) is 9.59 Å². The van der Waals surface area contributed by atoms with Crippen molar-refractivity contribution in [2.45, 2.75) is 11.8 Å². The van der Waals surface area contributed by atoms with E-state index in [1.807, 2.05) is 31.2 Å². The maximum Gasteiger partial charge on any atom is 0.339 e. The molecule has 0 aliphatic heterocycles. The predicted octanol–water partition coefficient (Wildman–Crippen LogP) is 2.81. The smallest absolute Gasteiger partial charge is 0.339 e. The molecule has 0 aliphatic carbocycles. The van der Waals surface area contributed by atoms with Crippen molar-refractivity contribution in [3.63, 3.8) is 0 Å². The van der Waals surface area contributed by atoms with Crippen LogP contribution in [0.2, 0.25) is 0 Å². The van der Waals surface area contributed by atoms with Crippen LogP contribution in [0, 0.1) is 6.92 Å². The molecule has 0 saturated heterocycles. The first-order valence-corrected chi connectivity index (χ1v) is 8.41. The summed E-state index contributed by atoms with van der Waals surface area (Å²) in [5, 5.41) is 0. The SMILES string of the molecule is Cc1cccc(OCCOC(=O)c2ccccc2SCC(N)=O)c1. The van der Waals surface area contributed by atoms with Crippen molar-refractivity contribution in [3.8, 4) is 5.75 Å². The molecule has 5 nitrogen and oxygen atoms in total. The van der Waals surface area contributed by atoms with Crippen LogP contribution in [0.4, 0.5) is 0 Å². The summed E-state index contributed by atoms with van der Waals surface area (Å²) in [6, 6.07) is 14.6. The number of esters is 1. The number of hydrogen-bond donors (Lipinski definition) is 1. The molecule has 2 N–H and O–H groups in total. The highest BCUT2D eigenvalue weighted by Crippen LogP contribution is 2.23. The average molecular weight is 345 g/mol. The van der Waals surface area contributed by atoms with Crippen LogP contribution in [-0.2, 0) is 9.53 Å². The molecule has 2 aromatic rings. The summed E-state index contributed by atoms with van der Waals surface area (Å²) in [6.45, 7) is 2.39. The number of benzene rings is 2. The van der Waals surface area contributed by atoms with Gasteiger partial charge in [0.25, 0.3) is 0 Å². The first kappa shape index (κ1) is 17.9. The summed E-state index contributed by atoms with van der Waals surface area (Å²) in [5.41, 5.74) is 6.66. The summed E-state index contributed by atoms with van der Waals surface area (Å²) in [7, 11) is 0. The molecule has 2 rings (SSSR count). The fraction of sp³-hybridized carbons (Fsp3) is 0.222. The number of aryl methyl sites for hydroxylation is 1. The molecule has 0 fully saturated rings. The van der Waals surface area contributed by atoms with E-state index in [0.29, 0.717) is 10.5 Å². The van der Waals surface area contributed by atoms with Crippen LogP contribution in [0.1, 0.15) is 15.9 Å². The summed E-state index contributed by atoms with van der Waals surface area (Å²) in [5.74, 6) is -0.0329. The predicted molar refractivity (Wildman–Crippen MR) is 93.3 cm³/mol. The van der Waals surface area contributed by atoms with E-state index in [4.69, 9.17) is 15.2 Å². The Kier molecular flexibility index (Phi) is 6.69. The highest BCUT2D eigenvalue weighted by atomic mass is 32.2. The van der Waals surface area contributed by atoms with Gasteiger partial charge < -0.3 is 15.2 Å². The molecule has 1 amide bonds. The van der Waals surface area contributed by atoms with Gasteiger partial charge in [0.1, 0.15) is 19.0 Å². The molecular weight excluding hydrogens is 326 g/mol. The van der Waals surface area contributed by atoms with Crippen LogP contribution in [0.5, 0.6) is 5.75 Å². The molecule has 0 aliphatic rings. The van der Waals surface area contributed by atoms with Crippen LogP contribution in [0.25, 0.3) is 0 Å². The lowest BCUT2D eigenvalue weighted by atomic mass is 10.2. The zero-order valence-electron chi connectivity index (χ0n) is 13.4. The van der Waals surface area contributed by atoms with E-state index < -0.39 is 11.9 Å². The van der Waals surface area contributed by atoms with Crippen molar-refractivity contribution in [1.82, 2.24) is 0 Å². The normalized spacial score (nSPS) is 10.2. The number of amides is 1. The molecular formula is C18H19NO4S. The Bertz CT molecular complexity index is 718. The number of primary amides is 1. The van der Waals surface area contributed by atoms with Crippen LogP contribution in [0.15, 0.2) is 53.4 Å². The molecule has 0 saturated carbocycles. The second-order valence-electron chi connectivity index (χ2n) is 5.05. The number of nitrogens with two attached hydrogens (primary N) is 1. The number of rotatable bonds is 8. The van der Waals surface area contributed by atoms with E-state index >= 15 is 0 Å². The van der Waals surface area contributed by atoms with Gasteiger partial charge in [-0.3, -0.25) is 4.79 Å². The Morgan fingerprint density at radius 2 is 1.88 bits per heavy atom. The van der Waals surface area contributed by atoms with Gasteiger partial charge in [-0.05, 0) is 36.8 Å². The molecule has 0 atom stereocenters. The molecule has 126 valence electrons. The van der Waals surface area contributed by atoms with Crippen LogP contribution >= 0.6 is 11.8 Å². The van der Waals surface area contributed by atoms with E-state index in [-0.39, 0.29) is 19.0 Å². The quantitative estimate of drug-likeness (QED) is 0.452. The lowest BCUT2D eigenvalue weighted by Gasteiger charge is -2.10. The Labute approximate surface area is 145 Å². The van der Waals surface area contributed by atoms with Gasteiger partial charge in [0.2, 0.25) is 5.91 Å². The summed E-state index contributed by atoms with van der Waals surface area (Å²) < 4.78 is 10.8. The standard InChI is InChI=1S/C18H19NO4S/c1-13-5-4-6-14(11-13)22-9-10-23-18(21)15-7-2-3-8-16(15)24-12-17(19)20/h2-8,11H,9-10,12H2,1H3,(H2,19,20). The lowest BCUT2D eigenvalue weighted by Crippen LogP contribution is -2.15. The third kappa shape index (κ3) is 5.62. The van der Waals surface area contributed by atoms with Crippen LogP contribution in [0.3, 0.4) is 0 Å². The fourth-order valence-corrected chi connectivity index (χ4v) is 2.77. The number of hydrogen-bond acceptors (Lipinski definition) is 5. The summed E-state index contributed by atoms with van der Waals surface area (Å²) >= 11 is 1.21. The van der Waals surface area contributed by atoms with Gasteiger partial charge in [0.15, 0.2) is 0 Å². The van der Waals surface area contributed by atoms with Gasteiger partial charge in [-0.1, -0.05) is 24.3 Å². The summed E-state index contributed by atoms with van der Waals surface area (Å²) in [6.07, 6.45) is 0. The van der Waals surface area contributed by atoms with Crippen molar-refractivity contribution in [1.29, 1.82) is 0 Å². The van der Waals surface area contributed by atoms with Crippen molar-refractivity contribution < 1.29 is 19.1 Å². The van der Waals surface area contributed by atoms with Gasteiger partial charge in [-0.25, -0.2) is 4.79 Å². The second kappa shape index (κ2) is 8.98. The average Bonchev–Trinajstić information content (AvgIpc) is 2.57. The Morgan fingerprint density at radius 3 is 2.62 bits per heavy atom. The first-order chi connectivity index (χ1) is 11.6. The fourth-order valence-electron chi connectivity index (χ4n) is 1.99. The molecule has 0 spiro atoms. The lowest BCUT2D eigenvalue weighted by molar-refractivity contribution is -0.115. The van der Waals surface area contributed by atoms with Gasteiger partial charge in [0, 0.05) is 4.90 Å². The van der Waals surface area contributed by atoms with Crippen molar-refractivity contribution in [2.75, 3.05) is 19.0 Å². The van der Waals surface area contributed by atoms with Crippen molar-refractivity contribution >= 4 is 23.6 Å². The third-order valence-corrected chi connectivity index (χ3v) is 4.15. The Balaban J connectivity index is 1.85. The van der Waals surface area contributed by atoms with Gasteiger partial charge >= 0.3 is 5.97 Å². The Morgan fingerprint density at radius 1 is 1.08 bits per heavy atom. The van der Waals surface area contributed by atoms with Gasteiger partial charge in [-0.2, -0.15) is 0 Å². The van der Waals surface area contributed by atoms with Gasteiger partial charge in [0.05, 0.1) is 11.3 Å². The molecule has 0 bridgehead atoms. The van der Waals surface area contributed by atoms with Crippen LogP contribution in [-0.4, -0.2) is 30.8 Å². The maximum atomic E-state index is 12.2. The molecule has 6 heteroatoms. The summed E-state index contributed by atoms with van der Waals surface area (Å²) in [4.78, 5) is 23.7. The Hall–Kier alpha value is -2.47. The van der Waals surface area contributed by atoms with E-state index in [0.717, 1.165) is 11.3 Å². The highest BCUT2D eigenvalue weighted by molar-refractivity contribution is 8.00. The number of carbonyl (C=O) groups excluding carboxylic acids is 2. The van der Waals surface area contributed by atoms with Crippen molar-refractivity contribution in [3.05, 3.63) is 59.7 Å². The minimum absolute atomic E-state index is 0.112. The maximum absolute atomic E-state index is 12.2. The molecule has 0 aromatic heterocycles. The van der Waals surface area contributed by atoms with Crippen molar-refractivity contribution in [2.24, 2.45) is 5.73 Å². The topological polar surface area (TPSA) is 78.6 Å². The van der Waals surface area contributed by atoms with E-state index in [1.54, 1.807) is 24.3 Å². The van der Waals surface area contributed by atoms with Crippen LogP contribution < -0.4 is 10.5 Å². The number of ether oxygens (including phenoxy) is 2. The van der Waals surface area contributed by atoms with Gasteiger partial charge in [-0.15, -0.1) is 11.8 Å². The van der Waals surface area contributed by atoms with E-state index in [2.05, 4.69) is 0 Å². The minimum atomic E-state index is -0.449. The molecule has 0 unspecified atom stereocenters. The minimum Gasteiger partial charge on any atom is -0.490 e. The molecule has 0 radical (unpaired) electrons. The number of carbonyl (C=O) groups is 2. The number of thioether (sulfide) groups is 1. The monoisotopic (exact) mass is 345 g/mol. The molecule has 24 heavy (non-hydrogen) atoms. The molecule has 2 aromatic carbocycles. The largest absolute Gasteiger partial charge is 0.490 e. The molecule has 0 heterocycles. The zero-order valence-corrected chi connectivity index (χ0v) is 14.2. The first-order valence-electron chi connectivity index (χ1n) is 7.43. The second-order valence-corrected chi connectivity index (χ2v) is 6.07. The third-order valence-electron chi connectivity index (χ3n) is 3.05. The van der Waals surface area contributed by atoms with E-state index in [1.165, 1.54) is 11.8 Å². The zero-order chi connectivity index (χ0) is 17.4. The highest BCUT2D eigenvalue weighted by Gasteiger charge is 2.13.